The quantitative estimate of drug-likeness (QED) is 0.362. The smallest absolute Gasteiger partial charge is 0.282 e. The maximum Gasteiger partial charge on any atom is 0.282 e. The monoisotopic (exact) mass is 584 g/mol. The molecule has 7 rings (SSSR count). The molecule has 6 heterocycles. The van der Waals surface area contributed by atoms with Gasteiger partial charge in [-0.05, 0) is 12.1 Å². The van der Waals surface area contributed by atoms with Gasteiger partial charge in [0.1, 0.15) is 0 Å². The number of piperazine rings is 1. The minimum absolute atomic E-state index is 0.425. The Morgan fingerprint density at radius 2 is 1.62 bits per heavy atom. The van der Waals surface area contributed by atoms with E-state index in [0.29, 0.717) is 71.5 Å². The van der Waals surface area contributed by atoms with Crippen molar-refractivity contribution in [3.8, 4) is 11.4 Å². The second-order valence-electron chi connectivity index (χ2n) is 10.2. The Bertz CT molecular complexity index is 1600. The Labute approximate surface area is 236 Å². The van der Waals surface area contributed by atoms with Crippen LogP contribution in [0, 0.1) is 0 Å². The summed E-state index contributed by atoms with van der Waals surface area (Å²) in [4.78, 5) is 15.9. The Kier molecular flexibility index (Phi) is 7.16. The van der Waals surface area contributed by atoms with Crippen LogP contribution in [0.25, 0.3) is 32.5 Å². The third-order valence-electron chi connectivity index (χ3n) is 7.77. The SMILES string of the molecule is O=S(=O)(N1CCOCC1)N1CCN(Cc2cc3nc(-c4cccc5[nH]ncc45)nc(N4CCOCC4)c3s2)CC1. The Balaban J connectivity index is 1.14. The highest BCUT2D eigenvalue weighted by molar-refractivity contribution is 7.86. The van der Waals surface area contributed by atoms with Gasteiger partial charge in [0, 0.05) is 74.7 Å². The molecular weight excluding hydrogens is 552 g/mol. The largest absolute Gasteiger partial charge is 0.379 e. The molecule has 0 spiro atoms. The van der Waals surface area contributed by atoms with Crippen molar-refractivity contribution < 1.29 is 17.9 Å². The fraction of sp³-hybridized carbons (Fsp3) is 0.500. The van der Waals surface area contributed by atoms with Crippen LogP contribution in [0.4, 0.5) is 5.82 Å². The van der Waals surface area contributed by atoms with Crippen molar-refractivity contribution in [3.63, 3.8) is 0 Å². The molecule has 3 fully saturated rings. The number of nitrogens with zero attached hydrogens (tertiary/aromatic N) is 7. The van der Waals surface area contributed by atoms with Crippen molar-refractivity contribution in [2.75, 3.05) is 83.7 Å². The molecule has 14 heteroatoms. The summed E-state index contributed by atoms with van der Waals surface area (Å²) in [6.07, 6.45) is 1.82. The second kappa shape index (κ2) is 10.9. The molecule has 0 saturated carbocycles. The van der Waals surface area contributed by atoms with Crippen molar-refractivity contribution in [3.05, 3.63) is 35.3 Å². The van der Waals surface area contributed by atoms with Gasteiger partial charge in [0.05, 0.1) is 48.4 Å². The topological polar surface area (TPSA) is 120 Å². The first-order valence-electron chi connectivity index (χ1n) is 13.7. The van der Waals surface area contributed by atoms with Crippen LogP contribution in [-0.2, 0) is 26.2 Å². The molecule has 0 aliphatic carbocycles. The van der Waals surface area contributed by atoms with E-state index in [9.17, 15) is 8.42 Å². The molecule has 0 unspecified atom stereocenters. The van der Waals surface area contributed by atoms with Gasteiger partial charge in [0.2, 0.25) is 0 Å². The van der Waals surface area contributed by atoms with Gasteiger partial charge in [-0.15, -0.1) is 11.3 Å². The van der Waals surface area contributed by atoms with Crippen LogP contribution >= 0.6 is 11.3 Å². The predicted molar refractivity (Wildman–Crippen MR) is 154 cm³/mol. The highest BCUT2D eigenvalue weighted by atomic mass is 32.2. The number of aromatic nitrogens is 4. The minimum Gasteiger partial charge on any atom is -0.379 e. The zero-order chi connectivity index (χ0) is 27.1. The number of benzene rings is 1. The first-order chi connectivity index (χ1) is 19.6. The molecule has 1 aromatic carbocycles. The predicted octanol–water partition coefficient (Wildman–Crippen LogP) is 1.77. The summed E-state index contributed by atoms with van der Waals surface area (Å²) in [6.45, 7) is 7.79. The average molecular weight is 585 g/mol. The number of rotatable bonds is 6. The van der Waals surface area contributed by atoms with Gasteiger partial charge in [-0.3, -0.25) is 10.00 Å². The van der Waals surface area contributed by atoms with Crippen LogP contribution in [0.15, 0.2) is 30.5 Å². The summed E-state index contributed by atoms with van der Waals surface area (Å²) in [5.74, 6) is 1.63. The molecule has 3 aliphatic rings. The van der Waals surface area contributed by atoms with Crippen LogP contribution in [0.1, 0.15) is 4.88 Å². The van der Waals surface area contributed by atoms with E-state index >= 15 is 0 Å². The zero-order valence-electron chi connectivity index (χ0n) is 22.2. The van der Waals surface area contributed by atoms with Crippen LogP contribution in [0.2, 0.25) is 0 Å². The Morgan fingerprint density at radius 3 is 2.40 bits per heavy atom. The molecule has 0 atom stereocenters. The number of morpholine rings is 2. The lowest BCUT2D eigenvalue weighted by atomic mass is 10.1. The Hall–Kier alpha value is -2.72. The van der Waals surface area contributed by atoms with Crippen LogP contribution in [0.3, 0.4) is 0 Å². The Morgan fingerprint density at radius 1 is 0.900 bits per heavy atom. The van der Waals surface area contributed by atoms with E-state index in [1.54, 1.807) is 19.9 Å². The molecule has 0 amide bonds. The lowest BCUT2D eigenvalue weighted by Gasteiger charge is -2.37. The molecule has 212 valence electrons. The van der Waals surface area contributed by atoms with E-state index < -0.39 is 10.2 Å². The molecule has 4 aromatic rings. The van der Waals surface area contributed by atoms with Gasteiger partial charge in [0.15, 0.2) is 11.6 Å². The number of nitrogens with one attached hydrogen (secondary N) is 1. The maximum absolute atomic E-state index is 13.1. The first kappa shape index (κ1) is 26.2. The van der Waals surface area contributed by atoms with E-state index in [4.69, 9.17) is 19.4 Å². The normalized spacial score (nSPS) is 20.6. The summed E-state index contributed by atoms with van der Waals surface area (Å²) in [5.41, 5.74) is 2.84. The molecule has 40 heavy (non-hydrogen) atoms. The number of hydrogen-bond acceptors (Lipinski definition) is 10. The molecule has 1 N–H and O–H groups in total. The van der Waals surface area contributed by atoms with Crippen LogP contribution in [-0.4, -0.2) is 121 Å². The summed E-state index contributed by atoms with van der Waals surface area (Å²) in [7, 11) is -3.44. The van der Waals surface area contributed by atoms with E-state index in [1.165, 1.54) is 4.88 Å². The minimum atomic E-state index is -3.44. The van der Waals surface area contributed by atoms with Crippen LogP contribution in [0.5, 0.6) is 0 Å². The summed E-state index contributed by atoms with van der Waals surface area (Å²) >= 11 is 1.73. The van der Waals surface area contributed by atoms with Gasteiger partial charge in [-0.25, -0.2) is 9.97 Å². The van der Waals surface area contributed by atoms with Gasteiger partial charge >= 0.3 is 0 Å². The number of aromatic amines is 1. The van der Waals surface area contributed by atoms with Crippen LogP contribution < -0.4 is 4.90 Å². The van der Waals surface area contributed by atoms with E-state index in [-0.39, 0.29) is 0 Å². The van der Waals surface area contributed by atoms with Gasteiger partial charge in [0.25, 0.3) is 10.2 Å². The molecule has 12 nitrogen and oxygen atoms in total. The van der Waals surface area contributed by atoms with Crippen molar-refractivity contribution in [2.45, 2.75) is 6.54 Å². The van der Waals surface area contributed by atoms with Crippen molar-refractivity contribution in [2.24, 2.45) is 0 Å². The highest BCUT2D eigenvalue weighted by Crippen LogP contribution is 2.36. The lowest BCUT2D eigenvalue weighted by molar-refractivity contribution is 0.0684. The first-order valence-corrected chi connectivity index (χ1v) is 15.9. The number of fused-ring (bicyclic) bond motifs is 2. The zero-order valence-corrected chi connectivity index (χ0v) is 23.8. The number of hydrogen-bond donors (Lipinski definition) is 1. The third-order valence-corrected chi connectivity index (χ3v) is 10.9. The number of anilines is 1. The fourth-order valence-corrected chi connectivity index (χ4v) is 8.31. The third kappa shape index (κ3) is 4.98. The molecule has 3 aromatic heterocycles. The highest BCUT2D eigenvalue weighted by Gasteiger charge is 2.33. The molecule has 0 bridgehead atoms. The van der Waals surface area contributed by atoms with Gasteiger partial charge < -0.3 is 14.4 Å². The lowest BCUT2D eigenvalue weighted by Crippen LogP contribution is -2.54. The van der Waals surface area contributed by atoms with Crippen molar-refractivity contribution in [1.82, 2.24) is 33.7 Å². The van der Waals surface area contributed by atoms with E-state index in [0.717, 1.165) is 52.1 Å². The summed E-state index contributed by atoms with van der Waals surface area (Å²) in [5, 5.41) is 8.25. The standard InChI is InChI=1S/C26H32N8O4S2/c35-40(36,34-10-14-38-15-11-34)33-6-4-31(5-7-33)18-19-16-23-24(39-19)26(32-8-12-37-13-9-32)29-25(28-23)20-2-1-3-22-21(20)17-27-30-22/h1-3,16-17H,4-15,18H2,(H,27,30). The van der Waals surface area contributed by atoms with Crippen molar-refractivity contribution in [1.29, 1.82) is 0 Å². The molecule has 3 saturated heterocycles. The number of thiophene rings is 1. The molecular formula is C26H32N8O4S2. The van der Waals surface area contributed by atoms with E-state index in [1.807, 2.05) is 24.4 Å². The second-order valence-corrected chi connectivity index (χ2v) is 13.3. The molecule has 3 aliphatic heterocycles. The average Bonchev–Trinajstić information content (AvgIpc) is 3.64. The van der Waals surface area contributed by atoms with Crippen molar-refractivity contribution >= 4 is 48.5 Å². The van der Waals surface area contributed by atoms with Gasteiger partial charge in [-0.1, -0.05) is 12.1 Å². The fourth-order valence-electron chi connectivity index (χ4n) is 5.59. The summed E-state index contributed by atoms with van der Waals surface area (Å²) < 4.78 is 41.3. The number of ether oxygens (including phenoxy) is 2. The molecule has 0 radical (unpaired) electrons. The van der Waals surface area contributed by atoms with E-state index in [2.05, 4.69) is 26.1 Å². The van der Waals surface area contributed by atoms with Gasteiger partial charge in [-0.2, -0.15) is 22.1 Å². The maximum atomic E-state index is 13.1. The summed E-state index contributed by atoms with van der Waals surface area (Å²) in [6, 6.07) is 8.21. The number of H-pyrrole nitrogens is 1.